The van der Waals surface area contributed by atoms with Crippen LogP contribution in [0.3, 0.4) is 0 Å². The standard InChI is InChI=1S/C22H17FN4O2S/c23-19-12-10-17(11-13-19)21-24-25-22(26(21)14-16-6-2-1-3-7-16)30-15-18-8-4-5-9-20(18)27(28)29/h1-13H,14-15H2. The number of nitro benzene ring substituents is 1. The van der Waals surface area contributed by atoms with Gasteiger partial charge >= 0.3 is 0 Å². The molecule has 0 radical (unpaired) electrons. The van der Waals surface area contributed by atoms with Crippen molar-refractivity contribution in [2.75, 3.05) is 0 Å². The predicted molar refractivity (Wildman–Crippen MR) is 114 cm³/mol. The minimum absolute atomic E-state index is 0.0814. The molecule has 0 bridgehead atoms. The lowest BCUT2D eigenvalue weighted by Gasteiger charge is -2.11. The van der Waals surface area contributed by atoms with Crippen molar-refractivity contribution in [1.82, 2.24) is 14.8 Å². The fraction of sp³-hybridized carbons (Fsp3) is 0.0909. The van der Waals surface area contributed by atoms with Crippen molar-refractivity contribution in [3.8, 4) is 11.4 Å². The quantitative estimate of drug-likeness (QED) is 0.229. The highest BCUT2D eigenvalue weighted by Crippen LogP contribution is 2.30. The van der Waals surface area contributed by atoms with E-state index in [-0.39, 0.29) is 16.4 Å². The van der Waals surface area contributed by atoms with Crippen molar-refractivity contribution in [1.29, 1.82) is 0 Å². The molecule has 0 saturated carbocycles. The summed E-state index contributed by atoms with van der Waals surface area (Å²) in [4.78, 5) is 10.9. The van der Waals surface area contributed by atoms with Crippen LogP contribution in [0.5, 0.6) is 0 Å². The monoisotopic (exact) mass is 420 g/mol. The summed E-state index contributed by atoms with van der Waals surface area (Å²) in [5, 5.41) is 20.6. The third kappa shape index (κ3) is 4.38. The molecule has 4 rings (SSSR count). The zero-order valence-corrected chi connectivity index (χ0v) is 16.6. The summed E-state index contributed by atoms with van der Waals surface area (Å²) in [6.45, 7) is 0.528. The molecule has 0 N–H and O–H groups in total. The van der Waals surface area contributed by atoms with Crippen molar-refractivity contribution < 1.29 is 9.31 Å². The first-order chi connectivity index (χ1) is 14.6. The summed E-state index contributed by atoms with van der Waals surface area (Å²) in [6, 6.07) is 22.6. The fourth-order valence-corrected chi connectivity index (χ4v) is 4.00. The number of hydrogen-bond acceptors (Lipinski definition) is 5. The Hall–Kier alpha value is -3.52. The summed E-state index contributed by atoms with van der Waals surface area (Å²) >= 11 is 1.38. The van der Waals surface area contributed by atoms with Gasteiger partial charge in [0.25, 0.3) is 5.69 Å². The molecule has 8 heteroatoms. The van der Waals surface area contributed by atoms with Gasteiger partial charge in [0.15, 0.2) is 11.0 Å². The highest BCUT2D eigenvalue weighted by Gasteiger charge is 2.18. The van der Waals surface area contributed by atoms with Crippen LogP contribution in [0, 0.1) is 15.9 Å². The molecular weight excluding hydrogens is 403 g/mol. The van der Waals surface area contributed by atoms with Crippen LogP contribution < -0.4 is 0 Å². The van der Waals surface area contributed by atoms with Gasteiger partial charge in [0.1, 0.15) is 5.82 Å². The van der Waals surface area contributed by atoms with Crippen LogP contribution in [0.25, 0.3) is 11.4 Å². The number of nitrogens with zero attached hydrogens (tertiary/aromatic N) is 4. The topological polar surface area (TPSA) is 73.8 Å². The molecule has 0 fully saturated rings. The predicted octanol–water partition coefficient (Wildman–Crippen LogP) is 5.33. The number of hydrogen-bond donors (Lipinski definition) is 0. The Kier molecular flexibility index (Phi) is 5.85. The SMILES string of the molecule is O=[N+]([O-])c1ccccc1CSc1nnc(-c2ccc(F)cc2)n1Cc1ccccc1. The summed E-state index contributed by atoms with van der Waals surface area (Å²) in [6.07, 6.45) is 0. The smallest absolute Gasteiger partial charge is 0.273 e. The van der Waals surface area contributed by atoms with E-state index < -0.39 is 0 Å². The molecule has 6 nitrogen and oxygen atoms in total. The zero-order valence-electron chi connectivity index (χ0n) is 15.8. The van der Waals surface area contributed by atoms with Crippen molar-refractivity contribution in [2.24, 2.45) is 0 Å². The van der Waals surface area contributed by atoms with Crippen LogP contribution in [-0.4, -0.2) is 19.7 Å². The van der Waals surface area contributed by atoms with E-state index in [0.29, 0.717) is 28.8 Å². The Labute approximate surface area is 176 Å². The summed E-state index contributed by atoms with van der Waals surface area (Å²) < 4.78 is 15.3. The zero-order chi connectivity index (χ0) is 20.9. The van der Waals surface area contributed by atoms with Crippen LogP contribution in [0.15, 0.2) is 84.0 Å². The molecule has 0 aliphatic rings. The van der Waals surface area contributed by atoms with Gasteiger partial charge < -0.3 is 0 Å². The van der Waals surface area contributed by atoms with Gasteiger partial charge in [-0.1, -0.05) is 60.3 Å². The molecule has 0 spiro atoms. The maximum absolute atomic E-state index is 13.4. The molecule has 4 aromatic rings. The molecule has 150 valence electrons. The molecule has 3 aromatic carbocycles. The van der Waals surface area contributed by atoms with Crippen LogP contribution in [-0.2, 0) is 12.3 Å². The fourth-order valence-electron chi connectivity index (χ4n) is 3.07. The Morgan fingerprint density at radius 2 is 1.63 bits per heavy atom. The molecule has 0 amide bonds. The van der Waals surface area contributed by atoms with Crippen LogP contribution in [0.2, 0.25) is 0 Å². The van der Waals surface area contributed by atoms with Crippen molar-refractivity contribution in [3.63, 3.8) is 0 Å². The van der Waals surface area contributed by atoms with Gasteiger partial charge in [0.2, 0.25) is 0 Å². The van der Waals surface area contributed by atoms with Gasteiger partial charge in [0, 0.05) is 22.9 Å². The molecule has 30 heavy (non-hydrogen) atoms. The van der Waals surface area contributed by atoms with Crippen LogP contribution >= 0.6 is 11.8 Å². The molecule has 0 aliphatic heterocycles. The lowest BCUT2D eigenvalue weighted by atomic mass is 10.2. The first kappa shape index (κ1) is 19.8. The molecule has 0 aliphatic carbocycles. The highest BCUT2D eigenvalue weighted by atomic mass is 32.2. The second-order valence-corrected chi connectivity index (χ2v) is 7.50. The van der Waals surface area contributed by atoms with E-state index in [0.717, 1.165) is 11.1 Å². The first-order valence-electron chi connectivity index (χ1n) is 9.20. The molecule has 0 unspecified atom stereocenters. The molecule has 1 heterocycles. The Morgan fingerprint density at radius 1 is 0.933 bits per heavy atom. The minimum Gasteiger partial charge on any atom is -0.298 e. The number of halogens is 1. The highest BCUT2D eigenvalue weighted by molar-refractivity contribution is 7.98. The van der Waals surface area contributed by atoms with E-state index in [1.807, 2.05) is 34.9 Å². The van der Waals surface area contributed by atoms with E-state index in [1.165, 1.54) is 30.0 Å². The number of aromatic nitrogens is 3. The van der Waals surface area contributed by atoms with Gasteiger partial charge in [0.05, 0.1) is 11.5 Å². The number of thioether (sulfide) groups is 1. The minimum atomic E-state index is -0.380. The third-order valence-corrected chi connectivity index (χ3v) is 5.56. The Morgan fingerprint density at radius 3 is 2.37 bits per heavy atom. The maximum Gasteiger partial charge on any atom is 0.273 e. The number of rotatable bonds is 7. The van der Waals surface area contributed by atoms with Gasteiger partial charge in [-0.25, -0.2) is 4.39 Å². The van der Waals surface area contributed by atoms with Crippen molar-refractivity contribution >= 4 is 17.4 Å². The molecule has 0 atom stereocenters. The molecule has 1 aromatic heterocycles. The van der Waals surface area contributed by atoms with Crippen LogP contribution in [0.1, 0.15) is 11.1 Å². The van der Waals surface area contributed by atoms with Crippen molar-refractivity contribution in [3.05, 3.63) is 106 Å². The summed E-state index contributed by atoms with van der Waals surface area (Å²) in [7, 11) is 0. The number of nitro groups is 1. The summed E-state index contributed by atoms with van der Waals surface area (Å²) in [5.74, 6) is 0.677. The normalized spacial score (nSPS) is 10.8. The van der Waals surface area contributed by atoms with E-state index >= 15 is 0 Å². The summed E-state index contributed by atoms with van der Waals surface area (Å²) in [5.41, 5.74) is 2.51. The maximum atomic E-state index is 13.4. The molecule has 0 saturated heterocycles. The molecular formula is C22H17FN4O2S. The Bertz CT molecular complexity index is 1160. The first-order valence-corrected chi connectivity index (χ1v) is 10.2. The third-order valence-electron chi connectivity index (χ3n) is 4.55. The number of benzene rings is 3. The van der Waals surface area contributed by atoms with E-state index in [1.54, 1.807) is 30.3 Å². The second kappa shape index (κ2) is 8.87. The van der Waals surface area contributed by atoms with E-state index in [2.05, 4.69) is 10.2 Å². The van der Waals surface area contributed by atoms with Crippen LogP contribution in [0.4, 0.5) is 10.1 Å². The van der Waals surface area contributed by atoms with Gasteiger partial charge in [-0.15, -0.1) is 10.2 Å². The van der Waals surface area contributed by atoms with Gasteiger partial charge in [-0.2, -0.15) is 0 Å². The van der Waals surface area contributed by atoms with Crippen molar-refractivity contribution in [2.45, 2.75) is 17.5 Å². The van der Waals surface area contributed by atoms with Gasteiger partial charge in [-0.3, -0.25) is 14.7 Å². The van der Waals surface area contributed by atoms with Gasteiger partial charge in [-0.05, 0) is 29.8 Å². The Balaban J connectivity index is 1.67. The van der Waals surface area contributed by atoms with E-state index in [4.69, 9.17) is 0 Å². The average Bonchev–Trinajstić information content (AvgIpc) is 3.16. The lowest BCUT2D eigenvalue weighted by molar-refractivity contribution is -0.385. The number of para-hydroxylation sites is 1. The second-order valence-electron chi connectivity index (χ2n) is 6.56. The average molecular weight is 420 g/mol. The lowest BCUT2D eigenvalue weighted by Crippen LogP contribution is -2.04. The van der Waals surface area contributed by atoms with E-state index in [9.17, 15) is 14.5 Å². The largest absolute Gasteiger partial charge is 0.298 e.